The molecule has 0 radical (unpaired) electrons. The largest absolute Gasteiger partial charge is 0.360 e. The van der Waals surface area contributed by atoms with E-state index in [1.54, 1.807) is 0 Å². The van der Waals surface area contributed by atoms with E-state index in [-0.39, 0.29) is 10.9 Å². The van der Waals surface area contributed by atoms with Crippen molar-refractivity contribution < 1.29 is 9.18 Å². The molecule has 1 heterocycles. The zero-order chi connectivity index (χ0) is 16.6. The zero-order valence-corrected chi connectivity index (χ0v) is 12.7. The van der Waals surface area contributed by atoms with Crippen LogP contribution in [0.3, 0.4) is 0 Å². The number of amides is 1. The van der Waals surface area contributed by atoms with E-state index in [4.69, 9.17) is 0 Å². The summed E-state index contributed by atoms with van der Waals surface area (Å²) in [6, 6.07) is 9.48. The first-order valence-corrected chi connectivity index (χ1v) is 7.14. The van der Waals surface area contributed by atoms with Gasteiger partial charge in [-0.3, -0.25) is 9.59 Å². The molecule has 1 aromatic heterocycles. The van der Waals surface area contributed by atoms with Crippen LogP contribution in [0, 0.1) is 19.7 Å². The van der Waals surface area contributed by atoms with Crippen LogP contribution >= 0.6 is 0 Å². The van der Waals surface area contributed by atoms with Crippen LogP contribution in [0.1, 0.15) is 21.5 Å². The van der Waals surface area contributed by atoms with Gasteiger partial charge in [0.1, 0.15) is 11.4 Å². The van der Waals surface area contributed by atoms with Gasteiger partial charge in [0.05, 0.1) is 0 Å². The van der Waals surface area contributed by atoms with Gasteiger partial charge in [0, 0.05) is 22.8 Å². The number of H-pyrrole nitrogens is 1. The first-order valence-electron chi connectivity index (χ1n) is 7.14. The molecular formula is C18H15FN2O2. The Morgan fingerprint density at radius 3 is 2.48 bits per heavy atom. The molecule has 0 atom stereocenters. The van der Waals surface area contributed by atoms with Crippen LogP contribution in [0.25, 0.3) is 10.9 Å². The maximum atomic E-state index is 13.3. The summed E-state index contributed by atoms with van der Waals surface area (Å²) in [5, 5.41) is 2.86. The second kappa shape index (κ2) is 5.68. The van der Waals surface area contributed by atoms with Gasteiger partial charge in [-0.25, -0.2) is 4.39 Å². The van der Waals surface area contributed by atoms with Crippen molar-refractivity contribution in [2.75, 3.05) is 5.32 Å². The van der Waals surface area contributed by atoms with Crippen LogP contribution in [0.15, 0.2) is 47.4 Å². The molecule has 1 amide bonds. The second-order valence-corrected chi connectivity index (χ2v) is 5.55. The van der Waals surface area contributed by atoms with E-state index in [2.05, 4.69) is 10.3 Å². The number of anilines is 1. The van der Waals surface area contributed by atoms with Gasteiger partial charge in [-0.05, 0) is 55.3 Å². The number of halogens is 1. The van der Waals surface area contributed by atoms with Gasteiger partial charge in [-0.15, -0.1) is 0 Å². The van der Waals surface area contributed by atoms with Gasteiger partial charge in [0.2, 0.25) is 5.43 Å². The topological polar surface area (TPSA) is 62.0 Å². The molecule has 0 bridgehead atoms. The maximum absolute atomic E-state index is 13.3. The number of aromatic amines is 1. The molecular weight excluding hydrogens is 295 g/mol. The number of pyridine rings is 1. The molecule has 4 nitrogen and oxygen atoms in total. The Kier molecular flexibility index (Phi) is 3.70. The summed E-state index contributed by atoms with van der Waals surface area (Å²) in [5.74, 6) is -1.04. The van der Waals surface area contributed by atoms with Crippen molar-refractivity contribution in [1.82, 2.24) is 4.98 Å². The molecule has 0 unspecified atom stereocenters. The van der Waals surface area contributed by atoms with Gasteiger partial charge in [-0.1, -0.05) is 6.07 Å². The number of fused-ring (bicyclic) bond motifs is 1. The third-order valence-corrected chi connectivity index (χ3v) is 3.57. The summed E-state index contributed by atoms with van der Waals surface area (Å²) in [7, 11) is 0. The van der Waals surface area contributed by atoms with E-state index in [0.29, 0.717) is 11.2 Å². The number of carbonyl (C=O) groups is 1. The molecule has 0 saturated heterocycles. The van der Waals surface area contributed by atoms with E-state index < -0.39 is 17.2 Å². The van der Waals surface area contributed by atoms with Crippen molar-refractivity contribution >= 4 is 22.5 Å². The predicted molar refractivity (Wildman–Crippen MR) is 88.4 cm³/mol. The molecule has 0 saturated carbocycles. The van der Waals surface area contributed by atoms with Crippen LogP contribution < -0.4 is 10.7 Å². The van der Waals surface area contributed by atoms with Crippen molar-refractivity contribution in [2.45, 2.75) is 13.8 Å². The SMILES string of the molecule is Cc1cc(C)cc(NC(=O)c2c[nH]c3ccc(F)cc3c2=O)c1. The molecule has 3 rings (SSSR count). The fraction of sp³-hybridized carbons (Fsp3) is 0.111. The van der Waals surface area contributed by atoms with E-state index in [0.717, 1.165) is 17.2 Å². The highest BCUT2D eigenvalue weighted by molar-refractivity contribution is 6.05. The number of carbonyl (C=O) groups excluding carboxylic acids is 1. The average molecular weight is 310 g/mol. The lowest BCUT2D eigenvalue weighted by Crippen LogP contribution is -2.22. The van der Waals surface area contributed by atoms with Gasteiger partial charge in [0.25, 0.3) is 5.91 Å². The summed E-state index contributed by atoms with van der Waals surface area (Å²) in [5.41, 5.74) is 2.57. The predicted octanol–water partition coefficient (Wildman–Crippen LogP) is 3.54. The Hall–Kier alpha value is -2.95. The van der Waals surface area contributed by atoms with E-state index in [1.165, 1.54) is 18.3 Å². The standard InChI is InChI=1S/C18H15FN2O2/c1-10-5-11(2)7-13(6-10)21-18(23)15-9-20-16-4-3-12(19)8-14(16)17(15)22/h3-9H,1-2H3,(H,20,22)(H,21,23). The number of benzene rings is 2. The minimum atomic E-state index is -0.526. The van der Waals surface area contributed by atoms with E-state index in [9.17, 15) is 14.0 Å². The number of aryl methyl sites for hydroxylation is 2. The highest BCUT2D eigenvalue weighted by Crippen LogP contribution is 2.15. The van der Waals surface area contributed by atoms with Crippen molar-refractivity contribution in [3.63, 3.8) is 0 Å². The van der Waals surface area contributed by atoms with Gasteiger partial charge >= 0.3 is 0 Å². The molecule has 116 valence electrons. The molecule has 2 aromatic carbocycles. The van der Waals surface area contributed by atoms with Gasteiger partial charge < -0.3 is 10.3 Å². The fourth-order valence-corrected chi connectivity index (χ4v) is 2.60. The lowest BCUT2D eigenvalue weighted by molar-refractivity contribution is 0.102. The second-order valence-electron chi connectivity index (χ2n) is 5.55. The monoisotopic (exact) mass is 310 g/mol. The van der Waals surface area contributed by atoms with Crippen molar-refractivity contribution in [3.8, 4) is 0 Å². The summed E-state index contributed by atoms with van der Waals surface area (Å²) < 4.78 is 13.3. The minimum Gasteiger partial charge on any atom is -0.360 e. The zero-order valence-electron chi connectivity index (χ0n) is 12.7. The summed E-state index contributed by atoms with van der Waals surface area (Å²) in [6.45, 7) is 3.85. The molecule has 5 heteroatoms. The fourth-order valence-electron chi connectivity index (χ4n) is 2.60. The molecule has 0 aliphatic rings. The van der Waals surface area contributed by atoms with Crippen LogP contribution in [0.2, 0.25) is 0 Å². The maximum Gasteiger partial charge on any atom is 0.261 e. The van der Waals surface area contributed by atoms with Gasteiger partial charge in [-0.2, -0.15) is 0 Å². The Labute approximate surface area is 132 Å². The average Bonchev–Trinajstić information content (AvgIpc) is 2.47. The van der Waals surface area contributed by atoms with Crippen molar-refractivity contribution in [3.05, 3.63) is 75.3 Å². The van der Waals surface area contributed by atoms with Crippen LogP contribution in [-0.4, -0.2) is 10.9 Å². The number of rotatable bonds is 2. The lowest BCUT2D eigenvalue weighted by Gasteiger charge is -2.08. The number of aromatic nitrogens is 1. The number of nitrogens with one attached hydrogen (secondary N) is 2. The van der Waals surface area contributed by atoms with E-state index in [1.807, 2.05) is 32.0 Å². The summed E-state index contributed by atoms with van der Waals surface area (Å²) in [4.78, 5) is 27.6. The van der Waals surface area contributed by atoms with Crippen LogP contribution in [-0.2, 0) is 0 Å². The molecule has 3 aromatic rings. The first-order chi connectivity index (χ1) is 10.9. The minimum absolute atomic E-state index is 0.0535. The van der Waals surface area contributed by atoms with Crippen LogP contribution in [0.5, 0.6) is 0 Å². The van der Waals surface area contributed by atoms with Gasteiger partial charge in [0.15, 0.2) is 0 Å². The third-order valence-electron chi connectivity index (χ3n) is 3.57. The normalized spacial score (nSPS) is 10.7. The lowest BCUT2D eigenvalue weighted by atomic mass is 10.1. The van der Waals surface area contributed by atoms with Crippen molar-refractivity contribution in [1.29, 1.82) is 0 Å². The summed E-state index contributed by atoms with van der Waals surface area (Å²) >= 11 is 0. The highest BCUT2D eigenvalue weighted by atomic mass is 19.1. The Morgan fingerprint density at radius 2 is 1.78 bits per heavy atom. The van der Waals surface area contributed by atoms with Crippen molar-refractivity contribution in [2.24, 2.45) is 0 Å². The quantitative estimate of drug-likeness (QED) is 0.760. The Morgan fingerprint density at radius 1 is 1.09 bits per heavy atom. The number of hydrogen-bond acceptors (Lipinski definition) is 2. The van der Waals surface area contributed by atoms with Crippen LogP contribution in [0.4, 0.5) is 10.1 Å². The third kappa shape index (κ3) is 2.99. The highest BCUT2D eigenvalue weighted by Gasteiger charge is 2.14. The molecule has 0 fully saturated rings. The first kappa shape index (κ1) is 15.0. The molecule has 2 N–H and O–H groups in total. The molecule has 23 heavy (non-hydrogen) atoms. The molecule has 0 spiro atoms. The summed E-state index contributed by atoms with van der Waals surface area (Å²) in [6.07, 6.45) is 1.35. The number of hydrogen-bond donors (Lipinski definition) is 2. The molecule has 0 aliphatic carbocycles. The Balaban J connectivity index is 2.01. The van der Waals surface area contributed by atoms with E-state index >= 15 is 0 Å². The molecule has 0 aliphatic heterocycles. The smallest absolute Gasteiger partial charge is 0.261 e. The Bertz CT molecular complexity index is 956.